The van der Waals surface area contributed by atoms with Gasteiger partial charge in [0.1, 0.15) is 0 Å². The second-order valence-corrected chi connectivity index (χ2v) is 6.83. The highest BCUT2D eigenvalue weighted by Crippen LogP contribution is 2.31. The molecule has 1 aromatic carbocycles. The molecule has 1 saturated carbocycles. The Morgan fingerprint density at radius 3 is 2.86 bits per heavy atom. The molecule has 0 radical (unpaired) electrons. The van der Waals surface area contributed by atoms with Gasteiger partial charge in [-0.2, -0.15) is 0 Å². The van der Waals surface area contributed by atoms with Crippen molar-refractivity contribution in [2.75, 3.05) is 12.3 Å². The molecule has 1 aromatic rings. The maximum absolute atomic E-state index is 12.2. The standard InChI is InChI=1S/C16H22Cl2N2O/c1-10-3-2-4-11(7-10)5-6-20-16(21)13-8-12(19)9-14(17)15(13)18/h8-11H,2-7,19H2,1H3,(H,20,21). The summed E-state index contributed by atoms with van der Waals surface area (Å²) in [5.74, 6) is 1.31. The lowest BCUT2D eigenvalue weighted by atomic mass is 9.81. The predicted molar refractivity (Wildman–Crippen MR) is 88.9 cm³/mol. The van der Waals surface area contributed by atoms with E-state index in [9.17, 15) is 4.79 Å². The minimum atomic E-state index is -0.210. The average Bonchev–Trinajstić information content (AvgIpc) is 2.42. The van der Waals surface area contributed by atoms with E-state index in [1.165, 1.54) is 25.7 Å². The second kappa shape index (κ2) is 7.37. The van der Waals surface area contributed by atoms with Crippen LogP contribution in [0.4, 0.5) is 5.69 Å². The summed E-state index contributed by atoms with van der Waals surface area (Å²) in [4.78, 5) is 12.2. The minimum absolute atomic E-state index is 0.210. The number of nitrogens with two attached hydrogens (primary N) is 1. The molecule has 1 aliphatic carbocycles. The molecule has 2 unspecified atom stereocenters. The Morgan fingerprint density at radius 2 is 2.14 bits per heavy atom. The highest BCUT2D eigenvalue weighted by molar-refractivity contribution is 6.44. The third-order valence-electron chi connectivity index (χ3n) is 4.18. The smallest absolute Gasteiger partial charge is 0.252 e. The van der Waals surface area contributed by atoms with Gasteiger partial charge in [-0.05, 0) is 36.8 Å². The highest BCUT2D eigenvalue weighted by Gasteiger charge is 2.19. The number of hydrogen-bond acceptors (Lipinski definition) is 2. The van der Waals surface area contributed by atoms with Gasteiger partial charge in [-0.3, -0.25) is 4.79 Å². The Labute approximate surface area is 136 Å². The minimum Gasteiger partial charge on any atom is -0.399 e. The second-order valence-electron chi connectivity index (χ2n) is 6.05. The molecule has 2 atom stereocenters. The predicted octanol–water partition coefficient (Wildman–Crippen LogP) is 4.52. The van der Waals surface area contributed by atoms with Crippen LogP contribution in [0.2, 0.25) is 10.0 Å². The first-order valence-electron chi connectivity index (χ1n) is 7.50. The van der Waals surface area contributed by atoms with Crippen LogP contribution in [0.1, 0.15) is 49.4 Å². The third-order valence-corrected chi connectivity index (χ3v) is 4.98. The number of carbonyl (C=O) groups excluding carboxylic acids is 1. The first-order valence-corrected chi connectivity index (χ1v) is 8.25. The molecule has 0 aromatic heterocycles. The van der Waals surface area contributed by atoms with Crippen molar-refractivity contribution >= 4 is 34.8 Å². The molecule has 0 bridgehead atoms. The van der Waals surface area contributed by atoms with Gasteiger partial charge in [0.15, 0.2) is 0 Å². The number of rotatable bonds is 4. The normalized spacial score (nSPS) is 22.0. The summed E-state index contributed by atoms with van der Waals surface area (Å²) in [6, 6.07) is 3.11. The van der Waals surface area contributed by atoms with Crippen molar-refractivity contribution in [2.45, 2.75) is 39.0 Å². The fraction of sp³-hybridized carbons (Fsp3) is 0.562. The Hall–Kier alpha value is -0.930. The van der Waals surface area contributed by atoms with Crippen molar-refractivity contribution in [3.63, 3.8) is 0 Å². The quantitative estimate of drug-likeness (QED) is 0.798. The van der Waals surface area contributed by atoms with Crippen LogP contribution in [0.3, 0.4) is 0 Å². The Kier molecular flexibility index (Phi) is 5.77. The van der Waals surface area contributed by atoms with Crippen molar-refractivity contribution in [1.29, 1.82) is 0 Å². The lowest BCUT2D eigenvalue weighted by Gasteiger charge is -2.26. The maximum Gasteiger partial charge on any atom is 0.252 e. The third kappa shape index (κ3) is 4.52. The lowest BCUT2D eigenvalue weighted by molar-refractivity contribution is 0.0950. The molecule has 0 heterocycles. The van der Waals surface area contributed by atoms with Crippen LogP contribution in [-0.4, -0.2) is 12.5 Å². The van der Waals surface area contributed by atoms with Gasteiger partial charge in [0.2, 0.25) is 0 Å². The van der Waals surface area contributed by atoms with Gasteiger partial charge in [-0.1, -0.05) is 49.4 Å². The molecular formula is C16H22Cl2N2O. The van der Waals surface area contributed by atoms with Gasteiger partial charge in [0.05, 0.1) is 15.6 Å². The molecule has 1 amide bonds. The van der Waals surface area contributed by atoms with Crippen molar-refractivity contribution in [1.82, 2.24) is 5.32 Å². The van der Waals surface area contributed by atoms with E-state index < -0.39 is 0 Å². The molecule has 2 rings (SSSR count). The zero-order valence-corrected chi connectivity index (χ0v) is 13.8. The zero-order chi connectivity index (χ0) is 15.4. The van der Waals surface area contributed by atoms with Crippen molar-refractivity contribution in [2.24, 2.45) is 11.8 Å². The van der Waals surface area contributed by atoms with E-state index in [0.29, 0.717) is 28.7 Å². The van der Waals surface area contributed by atoms with Crippen LogP contribution in [0, 0.1) is 11.8 Å². The fourth-order valence-electron chi connectivity index (χ4n) is 3.08. The summed E-state index contributed by atoms with van der Waals surface area (Å²) in [5.41, 5.74) is 6.49. The van der Waals surface area contributed by atoms with Gasteiger partial charge in [0.25, 0.3) is 5.91 Å². The molecule has 0 saturated heterocycles. The maximum atomic E-state index is 12.2. The van der Waals surface area contributed by atoms with E-state index >= 15 is 0 Å². The molecule has 1 fully saturated rings. The van der Waals surface area contributed by atoms with Crippen molar-refractivity contribution < 1.29 is 4.79 Å². The van der Waals surface area contributed by atoms with Gasteiger partial charge in [0, 0.05) is 12.2 Å². The highest BCUT2D eigenvalue weighted by atomic mass is 35.5. The van der Waals surface area contributed by atoms with Crippen LogP contribution >= 0.6 is 23.2 Å². The van der Waals surface area contributed by atoms with Crippen LogP contribution in [0.15, 0.2) is 12.1 Å². The van der Waals surface area contributed by atoms with E-state index in [4.69, 9.17) is 28.9 Å². The van der Waals surface area contributed by atoms with Gasteiger partial charge in [-0.15, -0.1) is 0 Å². The molecule has 1 aliphatic rings. The molecule has 0 aliphatic heterocycles. The van der Waals surface area contributed by atoms with E-state index in [-0.39, 0.29) is 10.9 Å². The summed E-state index contributed by atoms with van der Waals surface area (Å²) >= 11 is 12.0. The Bertz CT molecular complexity index is 519. The summed E-state index contributed by atoms with van der Waals surface area (Å²) in [7, 11) is 0. The van der Waals surface area contributed by atoms with Gasteiger partial charge >= 0.3 is 0 Å². The molecule has 21 heavy (non-hydrogen) atoms. The molecule has 3 N–H and O–H groups in total. The lowest BCUT2D eigenvalue weighted by Crippen LogP contribution is -2.27. The van der Waals surface area contributed by atoms with Crippen LogP contribution in [-0.2, 0) is 0 Å². The SMILES string of the molecule is CC1CCCC(CCNC(=O)c2cc(N)cc(Cl)c2Cl)C1. The molecule has 3 nitrogen and oxygen atoms in total. The van der Waals surface area contributed by atoms with E-state index in [2.05, 4.69) is 12.2 Å². The number of hydrogen-bond donors (Lipinski definition) is 2. The van der Waals surface area contributed by atoms with E-state index in [0.717, 1.165) is 12.3 Å². The zero-order valence-electron chi connectivity index (χ0n) is 12.3. The number of benzene rings is 1. The summed E-state index contributed by atoms with van der Waals surface area (Å²) < 4.78 is 0. The van der Waals surface area contributed by atoms with Crippen LogP contribution in [0.25, 0.3) is 0 Å². The summed E-state index contributed by atoms with van der Waals surface area (Å²) in [6.07, 6.45) is 6.19. The largest absolute Gasteiger partial charge is 0.399 e. The first kappa shape index (κ1) is 16.4. The van der Waals surface area contributed by atoms with Gasteiger partial charge < -0.3 is 11.1 Å². The fourth-order valence-corrected chi connectivity index (χ4v) is 3.50. The summed E-state index contributed by atoms with van der Waals surface area (Å²) in [6.45, 7) is 2.97. The monoisotopic (exact) mass is 328 g/mol. The van der Waals surface area contributed by atoms with E-state index in [1.54, 1.807) is 12.1 Å². The van der Waals surface area contributed by atoms with Crippen LogP contribution in [0.5, 0.6) is 0 Å². The number of halogens is 2. The summed E-state index contributed by atoms with van der Waals surface area (Å²) in [5, 5.41) is 3.49. The number of amides is 1. The number of carbonyl (C=O) groups is 1. The molecule has 5 heteroatoms. The van der Waals surface area contributed by atoms with Gasteiger partial charge in [-0.25, -0.2) is 0 Å². The van der Waals surface area contributed by atoms with Crippen molar-refractivity contribution in [3.8, 4) is 0 Å². The number of nitrogen functional groups attached to an aromatic ring is 1. The Morgan fingerprint density at radius 1 is 1.38 bits per heavy atom. The average molecular weight is 329 g/mol. The number of nitrogens with one attached hydrogen (secondary N) is 1. The number of anilines is 1. The van der Waals surface area contributed by atoms with Crippen molar-refractivity contribution in [3.05, 3.63) is 27.7 Å². The Balaban J connectivity index is 1.87. The van der Waals surface area contributed by atoms with Crippen LogP contribution < -0.4 is 11.1 Å². The molecule has 116 valence electrons. The molecular weight excluding hydrogens is 307 g/mol. The topological polar surface area (TPSA) is 55.1 Å². The van der Waals surface area contributed by atoms with E-state index in [1.807, 2.05) is 0 Å². The first-order chi connectivity index (χ1) is 9.97. The molecule has 0 spiro atoms.